The van der Waals surface area contributed by atoms with Crippen LogP contribution in [0.15, 0.2) is 0 Å². The number of urea groups is 1. The maximum Gasteiger partial charge on any atom is 0.315 e. The zero-order chi connectivity index (χ0) is 14.3. The summed E-state index contributed by atoms with van der Waals surface area (Å²) in [6, 6.07) is -0.581. The summed E-state index contributed by atoms with van der Waals surface area (Å²) in [5.74, 6) is 0.384. The van der Waals surface area contributed by atoms with Gasteiger partial charge in [-0.1, -0.05) is 20.3 Å². The highest BCUT2D eigenvalue weighted by Crippen LogP contribution is 2.24. The van der Waals surface area contributed by atoms with Crippen molar-refractivity contribution in [3.63, 3.8) is 0 Å². The summed E-state index contributed by atoms with van der Waals surface area (Å²) in [5, 5.41) is 14.9. The average molecular weight is 288 g/mol. The fraction of sp³-hybridized carbons (Fsp3) is 0.846. The molecule has 19 heavy (non-hydrogen) atoms. The van der Waals surface area contributed by atoms with Gasteiger partial charge in [0.1, 0.15) is 0 Å². The summed E-state index contributed by atoms with van der Waals surface area (Å²) in [6.45, 7) is 4.48. The van der Waals surface area contributed by atoms with Crippen molar-refractivity contribution in [1.29, 1.82) is 0 Å². The molecule has 1 fully saturated rings. The maximum absolute atomic E-state index is 11.8. The summed E-state index contributed by atoms with van der Waals surface area (Å²) in [6.07, 6.45) is 3.60. The monoisotopic (exact) mass is 288 g/mol. The van der Waals surface area contributed by atoms with E-state index in [1.807, 2.05) is 25.6 Å². The lowest BCUT2D eigenvalue weighted by atomic mass is 10.0. The first-order chi connectivity index (χ1) is 8.99. The highest BCUT2D eigenvalue weighted by molar-refractivity contribution is 7.99. The Morgan fingerprint density at radius 3 is 2.63 bits per heavy atom. The molecule has 0 saturated carbocycles. The lowest BCUT2D eigenvalue weighted by molar-refractivity contribution is -0.137. The molecule has 1 aliphatic rings. The van der Waals surface area contributed by atoms with Gasteiger partial charge in [-0.15, -0.1) is 0 Å². The van der Waals surface area contributed by atoms with Crippen molar-refractivity contribution in [1.82, 2.24) is 10.6 Å². The Morgan fingerprint density at radius 2 is 2.11 bits per heavy atom. The third-order valence-electron chi connectivity index (χ3n) is 3.28. The molecule has 5 nitrogen and oxygen atoms in total. The molecule has 6 heteroatoms. The van der Waals surface area contributed by atoms with Gasteiger partial charge in [-0.05, 0) is 24.5 Å². The van der Waals surface area contributed by atoms with E-state index >= 15 is 0 Å². The van der Waals surface area contributed by atoms with E-state index < -0.39 is 5.97 Å². The number of rotatable bonds is 6. The first-order valence-electron chi connectivity index (χ1n) is 6.86. The standard InChI is InChI=1S/C13H24N2O3S/c1-9(2)11(7-12(16)17)15-13(18)14-8-10-5-3-4-6-19-10/h9-11H,3-8H2,1-2H3,(H,16,17)(H2,14,15,18). The molecule has 1 aliphatic heterocycles. The SMILES string of the molecule is CC(C)C(CC(=O)O)NC(=O)NCC1CCCCS1. The van der Waals surface area contributed by atoms with Crippen LogP contribution in [-0.4, -0.2) is 40.7 Å². The summed E-state index contributed by atoms with van der Waals surface area (Å²) in [4.78, 5) is 22.5. The van der Waals surface area contributed by atoms with Gasteiger partial charge >= 0.3 is 12.0 Å². The van der Waals surface area contributed by atoms with Gasteiger partial charge in [-0.2, -0.15) is 11.8 Å². The van der Waals surface area contributed by atoms with Gasteiger partial charge in [0.15, 0.2) is 0 Å². The maximum atomic E-state index is 11.8. The van der Waals surface area contributed by atoms with Crippen LogP contribution in [0.1, 0.15) is 39.5 Å². The van der Waals surface area contributed by atoms with Crippen LogP contribution in [0.3, 0.4) is 0 Å². The number of carboxylic acid groups (broad SMARTS) is 1. The van der Waals surface area contributed by atoms with E-state index in [1.165, 1.54) is 18.6 Å². The van der Waals surface area contributed by atoms with Gasteiger partial charge in [0.2, 0.25) is 0 Å². The van der Waals surface area contributed by atoms with Gasteiger partial charge in [0.25, 0.3) is 0 Å². The number of hydrogen-bond acceptors (Lipinski definition) is 3. The Hall–Kier alpha value is -0.910. The Kier molecular flexibility index (Phi) is 7.05. The van der Waals surface area contributed by atoms with Gasteiger partial charge in [0, 0.05) is 17.8 Å². The molecule has 0 bridgehead atoms. The Morgan fingerprint density at radius 1 is 1.37 bits per heavy atom. The third-order valence-corrected chi connectivity index (χ3v) is 4.68. The normalized spacial score (nSPS) is 20.9. The molecular formula is C13H24N2O3S. The van der Waals surface area contributed by atoms with Crippen molar-refractivity contribution in [2.45, 2.75) is 50.8 Å². The zero-order valence-electron chi connectivity index (χ0n) is 11.6. The smallest absolute Gasteiger partial charge is 0.315 e. The molecule has 1 saturated heterocycles. The molecule has 0 radical (unpaired) electrons. The van der Waals surface area contributed by atoms with Gasteiger partial charge in [0.05, 0.1) is 6.42 Å². The number of carboxylic acids is 1. The largest absolute Gasteiger partial charge is 0.481 e. The molecular weight excluding hydrogens is 264 g/mol. The van der Waals surface area contributed by atoms with E-state index in [0.29, 0.717) is 11.8 Å². The average Bonchev–Trinajstić information content (AvgIpc) is 2.36. The van der Waals surface area contributed by atoms with Crippen molar-refractivity contribution in [2.24, 2.45) is 5.92 Å². The molecule has 1 heterocycles. The predicted octanol–water partition coefficient (Wildman–Crippen LogP) is 2.07. The first-order valence-corrected chi connectivity index (χ1v) is 7.91. The molecule has 110 valence electrons. The Labute approximate surface area is 118 Å². The first kappa shape index (κ1) is 16.1. The third kappa shape index (κ3) is 6.71. The second-order valence-electron chi connectivity index (χ2n) is 5.29. The van der Waals surface area contributed by atoms with Crippen LogP contribution in [0.4, 0.5) is 4.79 Å². The van der Waals surface area contributed by atoms with Crippen LogP contribution in [-0.2, 0) is 4.79 Å². The minimum absolute atomic E-state index is 0.0384. The number of carbonyl (C=O) groups excluding carboxylic acids is 1. The van der Waals surface area contributed by atoms with E-state index in [0.717, 1.165) is 6.42 Å². The second kappa shape index (κ2) is 8.30. The highest BCUT2D eigenvalue weighted by Gasteiger charge is 2.20. The lowest BCUT2D eigenvalue weighted by Crippen LogP contribution is -2.47. The molecule has 0 aromatic heterocycles. The quantitative estimate of drug-likeness (QED) is 0.699. The van der Waals surface area contributed by atoms with Gasteiger partial charge < -0.3 is 15.7 Å². The van der Waals surface area contributed by atoms with Crippen molar-refractivity contribution in [2.75, 3.05) is 12.3 Å². The van der Waals surface area contributed by atoms with Crippen LogP contribution >= 0.6 is 11.8 Å². The van der Waals surface area contributed by atoms with E-state index in [9.17, 15) is 9.59 Å². The van der Waals surface area contributed by atoms with Crippen LogP contribution in [0.2, 0.25) is 0 Å². The number of amides is 2. The minimum Gasteiger partial charge on any atom is -0.481 e. The van der Waals surface area contributed by atoms with Crippen LogP contribution in [0.5, 0.6) is 0 Å². The fourth-order valence-corrected chi connectivity index (χ4v) is 3.27. The molecule has 2 unspecified atom stereocenters. The number of hydrogen-bond donors (Lipinski definition) is 3. The highest BCUT2D eigenvalue weighted by atomic mass is 32.2. The number of thioether (sulfide) groups is 1. The van der Waals surface area contributed by atoms with Gasteiger partial charge in [-0.25, -0.2) is 4.79 Å². The van der Waals surface area contributed by atoms with Crippen molar-refractivity contribution in [3.8, 4) is 0 Å². The van der Waals surface area contributed by atoms with E-state index in [4.69, 9.17) is 5.11 Å². The fourth-order valence-electron chi connectivity index (χ4n) is 2.04. The molecule has 0 spiro atoms. The summed E-state index contributed by atoms with van der Waals surface area (Å²) < 4.78 is 0. The van der Waals surface area contributed by atoms with Gasteiger partial charge in [-0.3, -0.25) is 4.79 Å². The molecule has 1 rings (SSSR count). The molecule has 2 amide bonds. The van der Waals surface area contributed by atoms with E-state index in [-0.39, 0.29) is 24.4 Å². The van der Waals surface area contributed by atoms with Crippen LogP contribution in [0, 0.1) is 5.92 Å². The number of aliphatic carboxylic acids is 1. The van der Waals surface area contributed by atoms with Crippen LogP contribution in [0.25, 0.3) is 0 Å². The molecule has 2 atom stereocenters. The Bertz CT molecular complexity index is 304. The minimum atomic E-state index is -0.887. The second-order valence-corrected chi connectivity index (χ2v) is 6.70. The van der Waals surface area contributed by atoms with Crippen LogP contribution < -0.4 is 10.6 Å². The van der Waals surface area contributed by atoms with Crippen molar-refractivity contribution >= 4 is 23.8 Å². The lowest BCUT2D eigenvalue weighted by Gasteiger charge is -2.24. The van der Waals surface area contributed by atoms with E-state index in [2.05, 4.69) is 10.6 Å². The summed E-state index contributed by atoms with van der Waals surface area (Å²) in [7, 11) is 0. The van der Waals surface area contributed by atoms with Crippen molar-refractivity contribution in [3.05, 3.63) is 0 Å². The predicted molar refractivity (Wildman–Crippen MR) is 77.5 cm³/mol. The number of nitrogens with one attached hydrogen (secondary N) is 2. The summed E-state index contributed by atoms with van der Waals surface area (Å²) in [5.41, 5.74) is 0. The molecule has 0 aliphatic carbocycles. The van der Waals surface area contributed by atoms with Crippen molar-refractivity contribution < 1.29 is 14.7 Å². The molecule has 3 N–H and O–H groups in total. The molecule has 0 aromatic carbocycles. The van der Waals surface area contributed by atoms with E-state index in [1.54, 1.807) is 0 Å². The summed E-state index contributed by atoms with van der Waals surface area (Å²) >= 11 is 1.90. The number of carbonyl (C=O) groups is 2. The molecule has 0 aromatic rings. The topological polar surface area (TPSA) is 78.4 Å². The Balaban J connectivity index is 2.29. The zero-order valence-corrected chi connectivity index (χ0v) is 12.5.